The summed E-state index contributed by atoms with van der Waals surface area (Å²) in [6.07, 6.45) is 12.3. The average Bonchev–Trinajstić information content (AvgIpc) is 3.19. The van der Waals surface area contributed by atoms with Crippen LogP contribution in [0.15, 0.2) is 60.0 Å². The molecule has 0 radical (unpaired) electrons. The lowest BCUT2D eigenvalue weighted by atomic mass is 9.96. The van der Waals surface area contributed by atoms with Gasteiger partial charge in [-0.1, -0.05) is 24.1 Å². The monoisotopic (exact) mass is 439 g/mol. The van der Waals surface area contributed by atoms with E-state index in [9.17, 15) is 13.2 Å². The van der Waals surface area contributed by atoms with Gasteiger partial charge in [-0.05, 0) is 55.9 Å². The van der Waals surface area contributed by atoms with Gasteiger partial charge in [-0.3, -0.25) is 0 Å². The zero-order valence-corrected chi connectivity index (χ0v) is 17.6. The Morgan fingerprint density at radius 1 is 1.21 bits per heavy atom. The Kier molecular flexibility index (Phi) is 9.37. The molecule has 0 saturated carbocycles. The minimum absolute atomic E-state index is 0.141. The summed E-state index contributed by atoms with van der Waals surface area (Å²) >= 11 is 5.79. The van der Waals surface area contributed by atoms with Crippen LogP contribution in [0.4, 0.5) is 0 Å². The molecule has 1 atom stereocenters. The Hall–Kier alpha value is -2.16. The molecule has 0 aliphatic heterocycles. The summed E-state index contributed by atoms with van der Waals surface area (Å²) in [5.41, 5.74) is 0. The number of allylic oxidation sites excluding steroid dienone is 1. The molecule has 0 fully saturated rings. The van der Waals surface area contributed by atoms with Crippen LogP contribution in [0.5, 0.6) is 0 Å². The number of aromatic nitrogens is 2. The Labute approximate surface area is 176 Å². The van der Waals surface area contributed by atoms with Crippen molar-refractivity contribution in [3.8, 4) is 0 Å². The molecule has 1 aromatic heterocycles. The first-order valence-corrected chi connectivity index (χ1v) is 11.3. The van der Waals surface area contributed by atoms with E-state index >= 15 is 0 Å². The SMILES string of the molecule is O=C(O)/C=C/C(CCCCNS(=O)(=O)c1ccc(Cl)cc1)CCCn1ccnc1. The highest BCUT2D eigenvalue weighted by molar-refractivity contribution is 7.89. The molecule has 2 N–H and O–H groups in total. The van der Waals surface area contributed by atoms with Gasteiger partial charge >= 0.3 is 5.97 Å². The van der Waals surface area contributed by atoms with E-state index in [1.807, 2.05) is 10.8 Å². The molecule has 0 bridgehead atoms. The van der Waals surface area contributed by atoms with Crippen molar-refractivity contribution in [3.05, 3.63) is 60.2 Å². The van der Waals surface area contributed by atoms with E-state index in [0.717, 1.165) is 32.2 Å². The van der Waals surface area contributed by atoms with Crippen LogP contribution < -0.4 is 4.72 Å². The maximum absolute atomic E-state index is 12.2. The number of aryl methyl sites for hydroxylation is 1. The quantitative estimate of drug-likeness (QED) is 0.366. The Balaban J connectivity index is 1.74. The van der Waals surface area contributed by atoms with Crippen molar-refractivity contribution in [2.45, 2.75) is 43.5 Å². The molecule has 29 heavy (non-hydrogen) atoms. The molecule has 2 aromatic rings. The number of hydrogen-bond donors (Lipinski definition) is 2. The molecule has 1 unspecified atom stereocenters. The molecule has 0 spiro atoms. The summed E-state index contributed by atoms with van der Waals surface area (Å²) in [5, 5.41) is 9.36. The van der Waals surface area contributed by atoms with Crippen molar-refractivity contribution in [2.24, 2.45) is 5.92 Å². The van der Waals surface area contributed by atoms with Gasteiger partial charge < -0.3 is 9.67 Å². The largest absolute Gasteiger partial charge is 0.478 e. The lowest BCUT2D eigenvalue weighted by Gasteiger charge is -2.13. The van der Waals surface area contributed by atoms with E-state index < -0.39 is 16.0 Å². The van der Waals surface area contributed by atoms with Crippen LogP contribution in [0.1, 0.15) is 32.1 Å². The van der Waals surface area contributed by atoms with E-state index in [2.05, 4.69) is 9.71 Å². The van der Waals surface area contributed by atoms with E-state index in [0.29, 0.717) is 18.0 Å². The van der Waals surface area contributed by atoms with E-state index in [1.165, 1.54) is 18.2 Å². The fourth-order valence-corrected chi connectivity index (χ4v) is 4.15. The number of imidazole rings is 1. The molecule has 9 heteroatoms. The van der Waals surface area contributed by atoms with Gasteiger partial charge in [0.2, 0.25) is 10.0 Å². The number of unbranched alkanes of at least 4 members (excludes halogenated alkanes) is 1. The maximum atomic E-state index is 12.2. The number of rotatable bonds is 13. The van der Waals surface area contributed by atoms with Crippen molar-refractivity contribution in [3.63, 3.8) is 0 Å². The lowest BCUT2D eigenvalue weighted by Crippen LogP contribution is -2.24. The number of benzene rings is 1. The summed E-state index contributed by atoms with van der Waals surface area (Å²) in [6, 6.07) is 6.02. The van der Waals surface area contributed by atoms with Crippen molar-refractivity contribution in [2.75, 3.05) is 6.54 Å². The second-order valence-electron chi connectivity index (χ2n) is 6.75. The fraction of sp³-hybridized carbons (Fsp3) is 0.400. The molecule has 2 rings (SSSR count). The van der Waals surface area contributed by atoms with Gasteiger partial charge in [0.05, 0.1) is 11.2 Å². The maximum Gasteiger partial charge on any atom is 0.327 e. The molecule has 1 heterocycles. The number of nitrogens with one attached hydrogen (secondary N) is 1. The van der Waals surface area contributed by atoms with Gasteiger partial charge in [0, 0.05) is 36.6 Å². The first-order valence-electron chi connectivity index (χ1n) is 9.49. The first kappa shape index (κ1) is 23.1. The normalized spacial score (nSPS) is 13.0. The molecular weight excluding hydrogens is 414 g/mol. The van der Waals surface area contributed by atoms with E-state index in [-0.39, 0.29) is 10.8 Å². The summed E-state index contributed by atoms with van der Waals surface area (Å²) in [4.78, 5) is 15.0. The topological polar surface area (TPSA) is 101 Å². The minimum Gasteiger partial charge on any atom is -0.478 e. The van der Waals surface area contributed by atoms with Gasteiger partial charge in [0.25, 0.3) is 0 Å². The molecular formula is C20H26ClN3O4S. The van der Waals surface area contributed by atoms with E-state index in [1.54, 1.807) is 30.7 Å². The molecule has 158 valence electrons. The van der Waals surface area contributed by atoms with Crippen molar-refractivity contribution < 1.29 is 18.3 Å². The third-order valence-corrected chi connectivity index (χ3v) is 6.21. The summed E-state index contributed by atoms with van der Waals surface area (Å²) in [6.45, 7) is 1.16. The second-order valence-corrected chi connectivity index (χ2v) is 8.95. The third kappa shape index (κ3) is 8.81. The van der Waals surface area contributed by atoms with Crippen LogP contribution >= 0.6 is 11.6 Å². The molecule has 0 saturated heterocycles. The van der Waals surface area contributed by atoms with Crippen LogP contribution in [-0.2, 0) is 21.4 Å². The summed E-state index contributed by atoms with van der Waals surface area (Å²) < 4.78 is 29.0. The number of carboxylic acid groups (broad SMARTS) is 1. The van der Waals surface area contributed by atoms with Crippen molar-refractivity contribution in [1.29, 1.82) is 0 Å². The Morgan fingerprint density at radius 3 is 2.59 bits per heavy atom. The second kappa shape index (κ2) is 11.7. The predicted octanol–water partition coefficient (Wildman–Crippen LogP) is 3.72. The molecule has 7 nitrogen and oxygen atoms in total. The number of halogens is 1. The minimum atomic E-state index is -3.55. The van der Waals surface area contributed by atoms with Crippen molar-refractivity contribution in [1.82, 2.24) is 14.3 Å². The number of carboxylic acids is 1. The summed E-state index contributed by atoms with van der Waals surface area (Å²) in [7, 11) is -3.55. The van der Waals surface area contributed by atoms with Gasteiger partial charge in [-0.15, -0.1) is 0 Å². The highest BCUT2D eigenvalue weighted by Gasteiger charge is 2.13. The standard InChI is InChI=1S/C20H26ClN3O4S/c21-18-7-9-19(10-8-18)29(27,28)23-12-2-1-4-17(6-11-20(25)26)5-3-14-24-15-13-22-16-24/h6-11,13,15-17,23H,1-5,12,14H2,(H,25,26)/b11-6+. The van der Waals surface area contributed by atoms with Gasteiger partial charge in [0.15, 0.2) is 0 Å². The third-order valence-electron chi connectivity index (χ3n) is 4.48. The zero-order chi connectivity index (χ0) is 21.1. The Bertz CT molecular complexity index is 881. The van der Waals surface area contributed by atoms with Crippen LogP contribution in [-0.4, -0.2) is 35.6 Å². The van der Waals surface area contributed by atoms with Crippen molar-refractivity contribution >= 4 is 27.6 Å². The molecule has 0 aliphatic rings. The smallest absolute Gasteiger partial charge is 0.327 e. The van der Waals surface area contributed by atoms with Crippen LogP contribution in [0.3, 0.4) is 0 Å². The zero-order valence-electron chi connectivity index (χ0n) is 16.1. The number of aliphatic carboxylic acids is 1. The molecule has 0 aliphatic carbocycles. The highest BCUT2D eigenvalue weighted by atomic mass is 35.5. The average molecular weight is 440 g/mol. The van der Waals surface area contributed by atoms with Gasteiger partial charge in [-0.25, -0.2) is 22.9 Å². The molecule has 0 amide bonds. The first-order chi connectivity index (χ1) is 13.9. The van der Waals surface area contributed by atoms with Gasteiger partial charge in [-0.2, -0.15) is 0 Å². The number of carbonyl (C=O) groups is 1. The van der Waals surface area contributed by atoms with Crippen LogP contribution in [0, 0.1) is 5.92 Å². The lowest BCUT2D eigenvalue weighted by molar-refractivity contribution is -0.131. The fourth-order valence-electron chi connectivity index (χ4n) is 2.95. The van der Waals surface area contributed by atoms with E-state index in [4.69, 9.17) is 16.7 Å². The van der Waals surface area contributed by atoms with Gasteiger partial charge in [0.1, 0.15) is 0 Å². The number of sulfonamides is 1. The number of nitrogens with zero attached hydrogens (tertiary/aromatic N) is 2. The predicted molar refractivity (Wildman–Crippen MR) is 112 cm³/mol. The van der Waals surface area contributed by atoms with Crippen LogP contribution in [0.2, 0.25) is 5.02 Å². The molecule has 1 aromatic carbocycles. The summed E-state index contributed by atoms with van der Waals surface area (Å²) in [5.74, 6) is -0.817. The van der Waals surface area contributed by atoms with Crippen LogP contribution in [0.25, 0.3) is 0 Å². The highest BCUT2D eigenvalue weighted by Crippen LogP contribution is 2.18. The Morgan fingerprint density at radius 2 is 1.93 bits per heavy atom. The number of hydrogen-bond acceptors (Lipinski definition) is 4.